The van der Waals surface area contributed by atoms with Crippen molar-refractivity contribution in [2.24, 2.45) is 0 Å². The molecule has 1 aliphatic rings. The fraction of sp³-hybridized carbons (Fsp3) is 0.208. The lowest BCUT2D eigenvalue weighted by molar-refractivity contribution is 0.102. The van der Waals surface area contributed by atoms with Gasteiger partial charge in [-0.15, -0.1) is 0 Å². The first kappa shape index (κ1) is 21.8. The molecule has 172 valence electrons. The van der Waals surface area contributed by atoms with Gasteiger partial charge in [-0.05, 0) is 54.8 Å². The minimum absolute atomic E-state index is 0.311. The third-order valence-electron chi connectivity index (χ3n) is 5.59. The molecule has 1 aromatic carbocycles. The molecule has 4 heterocycles. The Labute approximate surface area is 193 Å². The van der Waals surface area contributed by atoms with Gasteiger partial charge in [-0.25, -0.2) is 18.7 Å². The molecule has 1 amide bonds. The summed E-state index contributed by atoms with van der Waals surface area (Å²) in [6.45, 7) is 1.05. The van der Waals surface area contributed by atoms with Crippen molar-refractivity contribution in [3.63, 3.8) is 0 Å². The number of carbonyl (C=O) groups is 1. The summed E-state index contributed by atoms with van der Waals surface area (Å²) >= 11 is 0. The maximum atomic E-state index is 14.1. The molecule has 0 unspecified atom stereocenters. The fourth-order valence-electron chi connectivity index (χ4n) is 3.77. The average Bonchev–Trinajstić information content (AvgIpc) is 2.85. The van der Waals surface area contributed by atoms with Gasteiger partial charge in [-0.3, -0.25) is 14.8 Å². The zero-order valence-electron chi connectivity index (χ0n) is 18.0. The molecular weight excluding hydrogens is 440 g/mol. The van der Waals surface area contributed by atoms with Crippen LogP contribution in [0, 0.1) is 5.82 Å². The lowest BCUT2D eigenvalue weighted by atomic mass is 10.1. The lowest BCUT2D eigenvalue weighted by Gasteiger charge is -2.27. The average molecular weight is 461 g/mol. The second kappa shape index (κ2) is 9.44. The highest BCUT2D eigenvalue weighted by Crippen LogP contribution is 2.23. The number of aromatic nitrogens is 4. The smallest absolute Gasteiger partial charge is 0.256 e. The lowest BCUT2D eigenvalue weighted by Crippen LogP contribution is -2.45. The predicted molar refractivity (Wildman–Crippen MR) is 125 cm³/mol. The normalized spacial score (nSPS) is 17.9. The van der Waals surface area contributed by atoms with Crippen LogP contribution in [0.5, 0.6) is 0 Å². The van der Waals surface area contributed by atoms with E-state index in [1.165, 1.54) is 24.3 Å². The van der Waals surface area contributed by atoms with Crippen molar-refractivity contribution in [1.82, 2.24) is 25.3 Å². The quantitative estimate of drug-likeness (QED) is 0.417. The van der Waals surface area contributed by atoms with Gasteiger partial charge in [0.15, 0.2) is 0 Å². The predicted octanol–water partition coefficient (Wildman–Crippen LogP) is 3.59. The van der Waals surface area contributed by atoms with Crippen LogP contribution in [-0.4, -0.2) is 51.1 Å². The Hall–Kier alpha value is -4.05. The summed E-state index contributed by atoms with van der Waals surface area (Å²) in [5, 5.41) is 10.4. The van der Waals surface area contributed by atoms with Gasteiger partial charge in [0, 0.05) is 29.9 Å². The molecular formula is C24H21F2N7O. The summed E-state index contributed by atoms with van der Waals surface area (Å²) in [6, 6.07) is 8.48. The van der Waals surface area contributed by atoms with Crippen molar-refractivity contribution >= 4 is 28.3 Å². The van der Waals surface area contributed by atoms with Crippen LogP contribution < -0.4 is 16.0 Å². The van der Waals surface area contributed by atoms with E-state index in [1.54, 1.807) is 30.9 Å². The van der Waals surface area contributed by atoms with E-state index in [4.69, 9.17) is 0 Å². The monoisotopic (exact) mass is 461 g/mol. The first-order chi connectivity index (χ1) is 16.5. The molecule has 0 bridgehead atoms. The van der Waals surface area contributed by atoms with Gasteiger partial charge in [0.05, 0.1) is 24.1 Å². The Bertz CT molecular complexity index is 1330. The van der Waals surface area contributed by atoms with Crippen molar-refractivity contribution in [1.29, 1.82) is 0 Å². The zero-order valence-corrected chi connectivity index (χ0v) is 18.0. The van der Waals surface area contributed by atoms with Gasteiger partial charge < -0.3 is 16.0 Å². The molecule has 34 heavy (non-hydrogen) atoms. The molecule has 0 spiro atoms. The van der Waals surface area contributed by atoms with Gasteiger partial charge in [-0.1, -0.05) is 0 Å². The van der Waals surface area contributed by atoms with E-state index in [-0.39, 0.29) is 6.04 Å². The minimum atomic E-state index is -1.01. The molecule has 1 fully saturated rings. The molecule has 0 aliphatic carbocycles. The van der Waals surface area contributed by atoms with Gasteiger partial charge in [-0.2, -0.15) is 0 Å². The standard InChI is InChI=1S/C24H21F2N7O/c25-17-3-1-14(2-4-17)24(34)33-22-8-15-7-20(29-9-16(15)10-30-22)21-12-28-13-23(32-21)31-19-5-6-27-11-18(19)26/h1-4,7-10,12-13,18-19,27H,5-6,11H2,(H,31,32)(H,30,33,34)/t18-,19-/m0/s1. The maximum Gasteiger partial charge on any atom is 0.256 e. The van der Waals surface area contributed by atoms with Crippen LogP contribution in [0.15, 0.2) is 61.2 Å². The molecule has 1 aliphatic heterocycles. The SMILES string of the molecule is O=C(Nc1cc2cc(-c3cncc(N[C@H]4CCNC[C@@H]4F)n3)ncc2cn1)c1ccc(F)cc1. The van der Waals surface area contributed by atoms with Crippen molar-refractivity contribution in [2.45, 2.75) is 18.6 Å². The molecule has 0 saturated carbocycles. The maximum absolute atomic E-state index is 14.1. The number of halogens is 2. The molecule has 3 N–H and O–H groups in total. The van der Waals surface area contributed by atoms with Gasteiger partial charge in [0.2, 0.25) is 0 Å². The summed E-state index contributed by atoms with van der Waals surface area (Å²) < 4.78 is 27.3. The number of fused-ring (bicyclic) bond motifs is 1. The van der Waals surface area contributed by atoms with Crippen LogP contribution >= 0.6 is 0 Å². The van der Waals surface area contributed by atoms with Crippen molar-refractivity contribution in [3.05, 3.63) is 72.6 Å². The molecule has 3 aromatic heterocycles. The second-order valence-corrected chi connectivity index (χ2v) is 8.00. The Kier molecular flexibility index (Phi) is 6.05. The van der Waals surface area contributed by atoms with Crippen molar-refractivity contribution in [3.8, 4) is 11.4 Å². The van der Waals surface area contributed by atoms with Crippen molar-refractivity contribution < 1.29 is 13.6 Å². The summed E-state index contributed by atoms with van der Waals surface area (Å²) in [6.07, 6.45) is 6.07. The van der Waals surface area contributed by atoms with Gasteiger partial charge in [0.25, 0.3) is 5.91 Å². The number of nitrogens with one attached hydrogen (secondary N) is 3. The Morgan fingerprint density at radius 2 is 1.79 bits per heavy atom. The number of carbonyl (C=O) groups excluding carboxylic acids is 1. The van der Waals surface area contributed by atoms with Gasteiger partial charge in [0.1, 0.15) is 29.3 Å². The number of nitrogens with zero attached hydrogens (tertiary/aromatic N) is 4. The van der Waals surface area contributed by atoms with E-state index < -0.39 is 17.9 Å². The number of rotatable bonds is 5. The van der Waals surface area contributed by atoms with E-state index >= 15 is 0 Å². The number of hydrogen-bond acceptors (Lipinski definition) is 7. The molecule has 4 aromatic rings. The number of benzene rings is 1. The van der Waals surface area contributed by atoms with E-state index in [9.17, 15) is 13.6 Å². The largest absolute Gasteiger partial charge is 0.363 e. The molecule has 0 radical (unpaired) electrons. The minimum Gasteiger partial charge on any atom is -0.363 e. The van der Waals surface area contributed by atoms with Crippen LogP contribution in [0.4, 0.5) is 20.4 Å². The van der Waals surface area contributed by atoms with Crippen LogP contribution in [-0.2, 0) is 0 Å². The number of pyridine rings is 2. The topological polar surface area (TPSA) is 105 Å². The number of anilines is 2. The van der Waals surface area contributed by atoms with Crippen LogP contribution in [0.25, 0.3) is 22.2 Å². The zero-order chi connectivity index (χ0) is 23.5. The number of hydrogen-bond donors (Lipinski definition) is 3. The molecule has 1 saturated heterocycles. The number of alkyl halides is 1. The van der Waals surface area contributed by atoms with Crippen LogP contribution in [0.3, 0.4) is 0 Å². The fourth-order valence-corrected chi connectivity index (χ4v) is 3.77. The third kappa shape index (κ3) is 4.81. The highest BCUT2D eigenvalue weighted by Gasteiger charge is 2.24. The van der Waals surface area contributed by atoms with Gasteiger partial charge >= 0.3 is 0 Å². The molecule has 8 nitrogen and oxygen atoms in total. The first-order valence-corrected chi connectivity index (χ1v) is 10.8. The Morgan fingerprint density at radius 3 is 2.62 bits per heavy atom. The van der Waals surface area contributed by atoms with Crippen molar-refractivity contribution in [2.75, 3.05) is 23.7 Å². The van der Waals surface area contributed by atoms with E-state index in [0.29, 0.717) is 41.6 Å². The summed E-state index contributed by atoms with van der Waals surface area (Å²) in [4.78, 5) is 29.9. The van der Waals surface area contributed by atoms with E-state index in [0.717, 1.165) is 17.3 Å². The second-order valence-electron chi connectivity index (χ2n) is 8.00. The highest BCUT2D eigenvalue weighted by molar-refractivity contribution is 6.04. The van der Waals surface area contributed by atoms with E-state index in [1.807, 2.05) is 6.07 Å². The number of piperidine rings is 1. The highest BCUT2D eigenvalue weighted by atomic mass is 19.1. The van der Waals surface area contributed by atoms with Crippen LogP contribution in [0.1, 0.15) is 16.8 Å². The first-order valence-electron chi connectivity index (χ1n) is 10.8. The van der Waals surface area contributed by atoms with Crippen LogP contribution in [0.2, 0.25) is 0 Å². The number of amides is 1. The summed E-state index contributed by atoms with van der Waals surface area (Å²) in [5.74, 6) is 0.0224. The van der Waals surface area contributed by atoms with E-state index in [2.05, 4.69) is 35.9 Å². The Morgan fingerprint density at radius 1 is 0.971 bits per heavy atom. The summed E-state index contributed by atoms with van der Waals surface area (Å²) in [7, 11) is 0. The molecule has 2 atom stereocenters. The summed E-state index contributed by atoms with van der Waals surface area (Å²) in [5.41, 5.74) is 1.43. The third-order valence-corrected chi connectivity index (χ3v) is 5.59. The Balaban J connectivity index is 1.37. The molecule has 10 heteroatoms. The molecule has 5 rings (SSSR count).